The van der Waals surface area contributed by atoms with Crippen LogP contribution in [0.1, 0.15) is 31.5 Å². The third-order valence-corrected chi connectivity index (χ3v) is 3.96. The molecule has 3 amide bonds. The molecule has 0 bridgehead atoms. The number of likely N-dealkylation sites (tertiary alicyclic amines) is 1. The molecule has 0 saturated carbocycles. The van der Waals surface area contributed by atoms with Crippen LogP contribution in [0.5, 0.6) is 0 Å². The van der Waals surface area contributed by atoms with Gasteiger partial charge in [-0.25, -0.2) is 9.48 Å². The van der Waals surface area contributed by atoms with Gasteiger partial charge in [0.15, 0.2) is 0 Å². The first-order chi connectivity index (χ1) is 10.1. The van der Waals surface area contributed by atoms with E-state index in [9.17, 15) is 9.59 Å². The van der Waals surface area contributed by atoms with Crippen molar-refractivity contribution in [1.82, 2.24) is 25.0 Å². The molecule has 0 radical (unpaired) electrons. The van der Waals surface area contributed by atoms with Crippen molar-refractivity contribution < 1.29 is 9.59 Å². The van der Waals surface area contributed by atoms with Crippen LogP contribution in [0.2, 0.25) is 0 Å². The van der Waals surface area contributed by atoms with Crippen molar-refractivity contribution in [2.75, 3.05) is 18.9 Å². The fourth-order valence-electron chi connectivity index (χ4n) is 2.80. The number of carbonyl (C=O) groups excluding carboxylic acids is 2. The molecular weight excluding hydrogens is 272 g/mol. The summed E-state index contributed by atoms with van der Waals surface area (Å²) in [6.45, 7) is 1.59. The summed E-state index contributed by atoms with van der Waals surface area (Å²) in [5, 5.41) is 9.57. The zero-order valence-electron chi connectivity index (χ0n) is 12.1. The van der Waals surface area contributed by atoms with Gasteiger partial charge in [-0.15, -0.1) is 5.10 Å². The summed E-state index contributed by atoms with van der Waals surface area (Å²) in [5.41, 5.74) is 0. The van der Waals surface area contributed by atoms with E-state index >= 15 is 0 Å². The lowest BCUT2D eigenvalue weighted by Gasteiger charge is -2.29. The number of amides is 3. The van der Waals surface area contributed by atoms with Gasteiger partial charge in [0.05, 0.1) is 0 Å². The van der Waals surface area contributed by atoms with E-state index in [0.717, 1.165) is 44.6 Å². The third kappa shape index (κ3) is 2.98. The molecule has 1 saturated heterocycles. The van der Waals surface area contributed by atoms with E-state index in [-0.39, 0.29) is 5.91 Å². The highest BCUT2D eigenvalue weighted by Crippen LogP contribution is 2.14. The van der Waals surface area contributed by atoms with Crippen LogP contribution in [0.3, 0.4) is 0 Å². The molecule has 2 N–H and O–H groups in total. The summed E-state index contributed by atoms with van der Waals surface area (Å²) < 4.78 is 1.83. The number of hydrogen-bond acceptors (Lipinski definition) is 4. The highest BCUT2D eigenvalue weighted by molar-refractivity contribution is 5.92. The third-order valence-electron chi connectivity index (χ3n) is 3.96. The Bertz CT molecular complexity index is 531. The molecule has 3 rings (SSSR count). The van der Waals surface area contributed by atoms with Gasteiger partial charge in [-0.2, -0.15) is 4.98 Å². The van der Waals surface area contributed by atoms with Crippen molar-refractivity contribution in [1.29, 1.82) is 0 Å². The molecule has 3 heterocycles. The number of hydrogen-bond donors (Lipinski definition) is 2. The number of fused-ring (bicyclic) bond motifs is 1. The number of anilines is 1. The van der Waals surface area contributed by atoms with Gasteiger partial charge < -0.3 is 10.2 Å². The Kier molecular flexibility index (Phi) is 3.76. The fourth-order valence-corrected chi connectivity index (χ4v) is 2.80. The molecule has 0 aromatic carbocycles. The maximum atomic E-state index is 12.0. The van der Waals surface area contributed by atoms with E-state index < -0.39 is 12.1 Å². The largest absolute Gasteiger partial charge is 0.344 e. The summed E-state index contributed by atoms with van der Waals surface area (Å²) in [6.07, 6.45) is 4.65. The standard InChI is InChI=1S/C13H20N6O2/c1-18-7-4-5-9(11(18)20)14-13(21)16-12-15-10-6-2-3-8-19(10)17-12/h9H,2-8H2,1H3,(H2,14,16,17,21). The van der Waals surface area contributed by atoms with Crippen molar-refractivity contribution in [3.8, 4) is 0 Å². The fraction of sp³-hybridized carbons (Fsp3) is 0.692. The smallest absolute Gasteiger partial charge is 0.322 e. The normalized spacial score (nSPS) is 21.9. The highest BCUT2D eigenvalue weighted by Gasteiger charge is 2.28. The summed E-state index contributed by atoms with van der Waals surface area (Å²) in [7, 11) is 1.75. The van der Waals surface area contributed by atoms with Gasteiger partial charge >= 0.3 is 6.03 Å². The van der Waals surface area contributed by atoms with Crippen LogP contribution in [0, 0.1) is 0 Å². The Morgan fingerprint density at radius 1 is 1.29 bits per heavy atom. The number of aryl methyl sites for hydroxylation is 2. The highest BCUT2D eigenvalue weighted by atomic mass is 16.2. The number of likely N-dealkylation sites (N-methyl/N-ethyl adjacent to an activating group) is 1. The van der Waals surface area contributed by atoms with Crippen LogP contribution in [0.25, 0.3) is 0 Å². The molecule has 0 aliphatic carbocycles. The second-order valence-corrected chi connectivity index (χ2v) is 5.58. The lowest BCUT2D eigenvalue weighted by Crippen LogP contribution is -2.51. The number of rotatable bonds is 2. The van der Waals surface area contributed by atoms with Crippen LogP contribution in [-0.4, -0.2) is 51.2 Å². The molecule has 1 aromatic rings. The zero-order chi connectivity index (χ0) is 14.8. The first kappa shape index (κ1) is 13.8. The number of nitrogens with one attached hydrogen (secondary N) is 2. The quantitative estimate of drug-likeness (QED) is 0.823. The second-order valence-electron chi connectivity index (χ2n) is 5.58. The minimum absolute atomic E-state index is 0.0477. The Labute approximate surface area is 122 Å². The van der Waals surface area contributed by atoms with Gasteiger partial charge in [0.2, 0.25) is 11.9 Å². The summed E-state index contributed by atoms with van der Waals surface area (Å²) in [6, 6.07) is -0.882. The van der Waals surface area contributed by atoms with Gasteiger partial charge in [0.1, 0.15) is 11.9 Å². The van der Waals surface area contributed by atoms with E-state index in [1.165, 1.54) is 0 Å². The summed E-state index contributed by atoms with van der Waals surface area (Å²) in [4.78, 5) is 29.8. The Balaban J connectivity index is 1.58. The predicted octanol–water partition coefficient (Wildman–Crippen LogP) is 0.357. The van der Waals surface area contributed by atoms with Gasteiger partial charge in [-0.1, -0.05) is 0 Å². The maximum absolute atomic E-state index is 12.0. The Morgan fingerprint density at radius 3 is 2.95 bits per heavy atom. The van der Waals surface area contributed by atoms with Crippen molar-refractivity contribution >= 4 is 17.9 Å². The number of piperidine rings is 1. The minimum atomic E-state index is -0.457. The molecule has 114 valence electrons. The van der Waals surface area contributed by atoms with E-state index in [0.29, 0.717) is 12.4 Å². The Hall–Kier alpha value is -2.12. The van der Waals surface area contributed by atoms with Gasteiger partial charge in [0, 0.05) is 26.6 Å². The van der Waals surface area contributed by atoms with Crippen LogP contribution < -0.4 is 10.6 Å². The van der Waals surface area contributed by atoms with Crippen LogP contribution in [0.4, 0.5) is 10.7 Å². The van der Waals surface area contributed by atoms with Crippen LogP contribution >= 0.6 is 0 Å². The Morgan fingerprint density at radius 2 is 2.14 bits per heavy atom. The molecule has 1 aromatic heterocycles. The van der Waals surface area contributed by atoms with Crippen molar-refractivity contribution in [3.05, 3.63) is 5.82 Å². The van der Waals surface area contributed by atoms with Gasteiger partial charge in [0.25, 0.3) is 0 Å². The zero-order valence-corrected chi connectivity index (χ0v) is 12.1. The molecule has 1 atom stereocenters. The van der Waals surface area contributed by atoms with E-state index in [1.54, 1.807) is 11.9 Å². The molecule has 1 fully saturated rings. The number of urea groups is 1. The average Bonchev–Trinajstić information content (AvgIpc) is 2.86. The SMILES string of the molecule is CN1CCCC(NC(=O)Nc2nc3n(n2)CCCC3)C1=O. The predicted molar refractivity (Wildman–Crippen MR) is 75.8 cm³/mol. The van der Waals surface area contributed by atoms with Crippen molar-refractivity contribution in [2.24, 2.45) is 0 Å². The van der Waals surface area contributed by atoms with Crippen LogP contribution in [0.15, 0.2) is 0 Å². The second kappa shape index (κ2) is 5.71. The lowest BCUT2D eigenvalue weighted by molar-refractivity contribution is -0.134. The molecule has 1 unspecified atom stereocenters. The molecule has 21 heavy (non-hydrogen) atoms. The molecular formula is C13H20N6O2. The topological polar surface area (TPSA) is 92.2 Å². The maximum Gasteiger partial charge on any atom is 0.322 e. The van der Waals surface area contributed by atoms with Crippen molar-refractivity contribution in [3.63, 3.8) is 0 Å². The molecule has 2 aliphatic rings. The number of nitrogens with zero attached hydrogens (tertiary/aromatic N) is 4. The molecule has 8 nitrogen and oxygen atoms in total. The van der Waals surface area contributed by atoms with E-state index in [2.05, 4.69) is 20.7 Å². The van der Waals surface area contributed by atoms with Gasteiger partial charge in [-0.3, -0.25) is 10.1 Å². The monoisotopic (exact) mass is 292 g/mol. The lowest BCUT2D eigenvalue weighted by atomic mass is 10.1. The van der Waals surface area contributed by atoms with E-state index in [1.807, 2.05) is 4.68 Å². The van der Waals surface area contributed by atoms with Gasteiger partial charge in [-0.05, 0) is 25.7 Å². The summed E-state index contributed by atoms with van der Waals surface area (Å²) >= 11 is 0. The molecule has 8 heteroatoms. The number of carbonyl (C=O) groups is 2. The molecule has 0 spiro atoms. The first-order valence-corrected chi connectivity index (χ1v) is 7.40. The minimum Gasteiger partial charge on any atom is -0.344 e. The summed E-state index contributed by atoms with van der Waals surface area (Å²) in [5.74, 6) is 1.17. The first-order valence-electron chi connectivity index (χ1n) is 7.40. The molecule has 2 aliphatic heterocycles. The van der Waals surface area contributed by atoms with E-state index in [4.69, 9.17) is 0 Å². The number of aromatic nitrogens is 3. The van der Waals surface area contributed by atoms with Crippen LogP contribution in [-0.2, 0) is 17.8 Å². The average molecular weight is 292 g/mol. The van der Waals surface area contributed by atoms with Crippen molar-refractivity contribution in [2.45, 2.75) is 44.7 Å².